The smallest absolute Gasteiger partial charge is 0.337 e. The van der Waals surface area contributed by atoms with Crippen molar-refractivity contribution in [1.29, 1.82) is 0 Å². The van der Waals surface area contributed by atoms with Crippen molar-refractivity contribution in [3.05, 3.63) is 29.8 Å². The molecule has 7 nitrogen and oxygen atoms in total. The molecule has 2 fully saturated rings. The molecule has 1 aromatic carbocycles. The first kappa shape index (κ1) is 19.6. The molecule has 2 saturated heterocycles. The second-order valence-electron chi connectivity index (χ2n) is 7.40. The van der Waals surface area contributed by atoms with Gasteiger partial charge in [-0.1, -0.05) is 0 Å². The van der Waals surface area contributed by atoms with Gasteiger partial charge < -0.3 is 20.3 Å². The molecule has 2 aliphatic rings. The van der Waals surface area contributed by atoms with Crippen LogP contribution in [0, 0.1) is 0 Å². The largest absolute Gasteiger partial charge is 0.465 e. The Morgan fingerprint density at radius 1 is 1.07 bits per heavy atom. The van der Waals surface area contributed by atoms with Crippen molar-refractivity contribution >= 4 is 17.6 Å². The molecule has 0 saturated carbocycles. The standard InChI is InChI=1S/C20H30N4O3/c1-22-17(7-8-18(22)14-21)13-19(25)24-11-9-23(10-12-24)16-5-3-15(4-6-16)20(26)27-2/h3-6,17-18H,7-14,21H2,1-2H3/t17-,18+/m0/s1. The average Bonchev–Trinajstić information content (AvgIpc) is 3.07. The van der Waals surface area contributed by atoms with Gasteiger partial charge in [0.05, 0.1) is 12.7 Å². The summed E-state index contributed by atoms with van der Waals surface area (Å²) in [6.07, 6.45) is 2.72. The van der Waals surface area contributed by atoms with Gasteiger partial charge in [0.25, 0.3) is 0 Å². The first-order valence-corrected chi connectivity index (χ1v) is 9.66. The number of carbonyl (C=O) groups excluding carboxylic acids is 2. The van der Waals surface area contributed by atoms with Gasteiger partial charge in [0, 0.05) is 56.9 Å². The van der Waals surface area contributed by atoms with E-state index in [-0.39, 0.29) is 11.9 Å². The molecule has 2 N–H and O–H groups in total. The molecule has 148 valence electrons. The van der Waals surface area contributed by atoms with Gasteiger partial charge in [-0.2, -0.15) is 0 Å². The molecule has 0 radical (unpaired) electrons. The third kappa shape index (κ3) is 4.42. The fourth-order valence-corrected chi connectivity index (χ4v) is 4.09. The minimum Gasteiger partial charge on any atom is -0.465 e. The summed E-state index contributed by atoms with van der Waals surface area (Å²) in [5.41, 5.74) is 7.41. The highest BCUT2D eigenvalue weighted by atomic mass is 16.5. The van der Waals surface area contributed by atoms with E-state index >= 15 is 0 Å². The van der Waals surface area contributed by atoms with E-state index in [4.69, 9.17) is 10.5 Å². The monoisotopic (exact) mass is 374 g/mol. The van der Waals surface area contributed by atoms with Crippen molar-refractivity contribution in [2.45, 2.75) is 31.3 Å². The predicted molar refractivity (Wildman–Crippen MR) is 105 cm³/mol. The Morgan fingerprint density at radius 3 is 2.26 bits per heavy atom. The number of methoxy groups -OCH3 is 1. The summed E-state index contributed by atoms with van der Waals surface area (Å²) in [4.78, 5) is 30.7. The molecule has 1 amide bonds. The topological polar surface area (TPSA) is 79.1 Å². The van der Waals surface area contributed by atoms with Gasteiger partial charge in [-0.25, -0.2) is 4.79 Å². The number of carbonyl (C=O) groups is 2. The predicted octanol–water partition coefficient (Wildman–Crippen LogP) is 0.933. The van der Waals surface area contributed by atoms with Crippen LogP contribution >= 0.6 is 0 Å². The fraction of sp³-hybridized carbons (Fsp3) is 0.600. The number of piperazine rings is 1. The Hall–Kier alpha value is -2.12. The molecule has 0 aliphatic carbocycles. The van der Waals surface area contributed by atoms with E-state index < -0.39 is 0 Å². The molecule has 3 rings (SSSR count). The fourth-order valence-electron chi connectivity index (χ4n) is 4.09. The van der Waals surface area contributed by atoms with Crippen LogP contribution in [-0.4, -0.2) is 80.6 Å². The summed E-state index contributed by atoms with van der Waals surface area (Å²) >= 11 is 0. The van der Waals surface area contributed by atoms with E-state index in [2.05, 4.69) is 16.8 Å². The average molecular weight is 374 g/mol. The molecule has 2 atom stereocenters. The van der Waals surface area contributed by atoms with Crippen molar-refractivity contribution in [3.63, 3.8) is 0 Å². The summed E-state index contributed by atoms with van der Waals surface area (Å²) in [7, 11) is 3.46. The highest BCUT2D eigenvalue weighted by molar-refractivity contribution is 5.89. The van der Waals surface area contributed by atoms with Gasteiger partial charge in [0.2, 0.25) is 5.91 Å². The zero-order valence-corrected chi connectivity index (χ0v) is 16.3. The van der Waals surface area contributed by atoms with Crippen LogP contribution < -0.4 is 10.6 Å². The number of nitrogens with zero attached hydrogens (tertiary/aromatic N) is 3. The first-order valence-electron chi connectivity index (χ1n) is 9.66. The van der Waals surface area contributed by atoms with Gasteiger partial charge in [0.1, 0.15) is 0 Å². The molecule has 0 aromatic heterocycles. The maximum atomic E-state index is 12.7. The summed E-state index contributed by atoms with van der Waals surface area (Å²) < 4.78 is 4.73. The molecule has 7 heteroatoms. The molecule has 1 aromatic rings. The highest BCUT2D eigenvalue weighted by Crippen LogP contribution is 2.25. The number of likely N-dealkylation sites (tertiary alicyclic amines) is 1. The second kappa shape index (κ2) is 8.71. The minimum absolute atomic E-state index is 0.241. The summed E-state index contributed by atoms with van der Waals surface area (Å²) in [6, 6.07) is 8.15. The number of amides is 1. The van der Waals surface area contributed by atoms with Crippen LogP contribution in [0.25, 0.3) is 0 Å². The van der Waals surface area contributed by atoms with Crippen molar-refractivity contribution in [1.82, 2.24) is 9.80 Å². The molecule has 0 spiro atoms. The number of hydrogen-bond donors (Lipinski definition) is 1. The number of anilines is 1. The Kier molecular flexibility index (Phi) is 6.34. The molecular formula is C20H30N4O3. The lowest BCUT2D eigenvalue weighted by Gasteiger charge is -2.37. The van der Waals surface area contributed by atoms with E-state index in [0.29, 0.717) is 30.6 Å². The molecule has 2 heterocycles. The third-order valence-corrected chi connectivity index (χ3v) is 5.95. The summed E-state index contributed by atoms with van der Waals surface area (Å²) in [5, 5.41) is 0. The van der Waals surface area contributed by atoms with Gasteiger partial charge >= 0.3 is 5.97 Å². The zero-order valence-electron chi connectivity index (χ0n) is 16.3. The molecular weight excluding hydrogens is 344 g/mol. The lowest BCUT2D eigenvalue weighted by Crippen LogP contribution is -2.50. The van der Waals surface area contributed by atoms with Gasteiger partial charge in [-0.3, -0.25) is 9.69 Å². The van der Waals surface area contributed by atoms with Crippen LogP contribution in [0.4, 0.5) is 5.69 Å². The maximum Gasteiger partial charge on any atom is 0.337 e. The number of likely N-dealkylation sites (N-methyl/N-ethyl adjacent to an activating group) is 1. The summed E-state index contributed by atoms with van der Waals surface area (Å²) in [5.74, 6) is -0.0871. The van der Waals surface area contributed by atoms with Crippen molar-refractivity contribution in [2.24, 2.45) is 5.73 Å². The Bertz CT molecular complexity index is 656. The number of ether oxygens (including phenoxy) is 1. The van der Waals surface area contributed by atoms with Gasteiger partial charge in [-0.15, -0.1) is 0 Å². The first-order chi connectivity index (χ1) is 13.0. The van der Waals surface area contributed by atoms with E-state index in [0.717, 1.165) is 44.7 Å². The van der Waals surface area contributed by atoms with Crippen LogP contribution in [0.2, 0.25) is 0 Å². The summed E-state index contributed by atoms with van der Waals surface area (Å²) in [6.45, 7) is 3.72. The Morgan fingerprint density at radius 2 is 1.70 bits per heavy atom. The lowest BCUT2D eigenvalue weighted by atomic mass is 10.1. The Balaban J connectivity index is 1.50. The van der Waals surface area contributed by atoms with E-state index in [9.17, 15) is 9.59 Å². The molecule has 27 heavy (non-hydrogen) atoms. The number of rotatable bonds is 5. The van der Waals surface area contributed by atoms with Crippen LogP contribution in [0.15, 0.2) is 24.3 Å². The van der Waals surface area contributed by atoms with E-state index in [1.807, 2.05) is 17.0 Å². The van der Waals surface area contributed by atoms with Crippen molar-refractivity contribution in [2.75, 3.05) is 51.8 Å². The second-order valence-corrected chi connectivity index (χ2v) is 7.40. The molecule has 0 unspecified atom stereocenters. The zero-order chi connectivity index (χ0) is 19.4. The van der Waals surface area contributed by atoms with Crippen LogP contribution in [-0.2, 0) is 9.53 Å². The number of benzene rings is 1. The van der Waals surface area contributed by atoms with Crippen LogP contribution in [0.1, 0.15) is 29.6 Å². The normalized spacial score (nSPS) is 23.5. The third-order valence-electron chi connectivity index (χ3n) is 5.95. The number of nitrogens with two attached hydrogens (primary N) is 1. The molecule has 0 bridgehead atoms. The van der Waals surface area contributed by atoms with Crippen LogP contribution in [0.3, 0.4) is 0 Å². The number of hydrogen-bond acceptors (Lipinski definition) is 6. The maximum absolute atomic E-state index is 12.7. The van der Waals surface area contributed by atoms with Gasteiger partial charge in [0.15, 0.2) is 0 Å². The van der Waals surface area contributed by atoms with Crippen LogP contribution in [0.5, 0.6) is 0 Å². The SMILES string of the molecule is COC(=O)c1ccc(N2CCN(C(=O)C[C@@H]3CC[C@H](CN)N3C)CC2)cc1. The highest BCUT2D eigenvalue weighted by Gasteiger charge is 2.32. The lowest BCUT2D eigenvalue weighted by molar-refractivity contribution is -0.132. The van der Waals surface area contributed by atoms with Gasteiger partial charge in [-0.05, 0) is 44.2 Å². The van der Waals surface area contributed by atoms with Crippen molar-refractivity contribution < 1.29 is 14.3 Å². The van der Waals surface area contributed by atoms with Crippen molar-refractivity contribution in [3.8, 4) is 0 Å². The Labute approximate surface area is 161 Å². The molecule has 2 aliphatic heterocycles. The van der Waals surface area contributed by atoms with E-state index in [1.54, 1.807) is 12.1 Å². The number of esters is 1. The minimum atomic E-state index is -0.328. The van der Waals surface area contributed by atoms with E-state index in [1.165, 1.54) is 7.11 Å². The quantitative estimate of drug-likeness (QED) is 0.773.